The lowest BCUT2D eigenvalue weighted by Gasteiger charge is -2.28. The van der Waals surface area contributed by atoms with Crippen LogP contribution >= 0.6 is 0 Å². The van der Waals surface area contributed by atoms with E-state index >= 15 is 0 Å². The molecular weight excluding hydrogens is 408 g/mol. The third-order valence-electron chi connectivity index (χ3n) is 6.63. The van der Waals surface area contributed by atoms with Crippen molar-refractivity contribution in [2.24, 2.45) is 0 Å². The normalized spacial score (nSPS) is 12.0. The number of quaternary nitrogens is 1. The minimum atomic E-state index is 0.198. The second-order valence-corrected chi connectivity index (χ2v) is 10.6. The monoisotopic (exact) mass is 467 g/mol. The van der Waals surface area contributed by atoms with Crippen LogP contribution in [0.15, 0.2) is 12.2 Å². The van der Waals surface area contributed by atoms with E-state index in [-0.39, 0.29) is 12.5 Å². The van der Waals surface area contributed by atoms with Crippen molar-refractivity contribution in [3.05, 3.63) is 12.2 Å². The predicted molar refractivity (Wildman–Crippen MR) is 144 cm³/mol. The van der Waals surface area contributed by atoms with Gasteiger partial charge in [0.25, 0.3) is 0 Å². The number of nitrogens with one attached hydrogen (secondary N) is 1. The van der Waals surface area contributed by atoms with E-state index in [1.54, 1.807) is 0 Å². The Bertz CT molecular complexity index is 449. The first kappa shape index (κ1) is 32.1. The molecule has 0 unspecified atom stereocenters. The van der Waals surface area contributed by atoms with E-state index in [0.717, 1.165) is 37.0 Å². The maximum atomic E-state index is 11.9. The van der Waals surface area contributed by atoms with Crippen molar-refractivity contribution < 1.29 is 14.4 Å². The number of hydrogen-bond donors (Lipinski definition) is 2. The summed E-state index contributed by atoms with van der Waals surface area (Å²) in [6.07, 6.45) is 28.9. The summed E-state index contributed by atoms with van der Waals surface area (Å²) in [5.74, 6) is 0.198. The number of carbonyl (C=O) groups excluding carboxylic acids is 1. The van der Waals surface area contributed by atoms with Crippen molar-refractivity contribution in [1.82, 2.24) is 5.32 Å². The van der Waals surface area contributed by atoms with Crippen LogP contribution in [-0.2, 0) is 4.79 Å². The van der Waals surface area contributed by atoms with Gasteiger partial charge in [0, 0.05) is 19.4 Å². The Morgan fingerprint density at radius 1 is 0.697 bits per heavy atom. The maximum absolute atomic E-state index is 11.9. The summed E-state index contributed by atoms with van der Waals surface area (Å²) >= 11 is 0. The molecule has 4 nitrogen and oxygen atoms in total. The predicted octanol–water partition coefficient (Wildman–Crippen LogP) is 7.16. The summed E-state index contributed by atoms with van der Waals surface area (Å²) < 4.78 is 0.808. The molecule has 0 aliphatic heterocycles. The van der Waals surface area contributed by atoms with Gasteiger partial charge >= 0.3 is 0 Å². The van der Waals surface area contributed by atoms with E-state index in [1.807, 2.05) is 0 Å². The summed E-state index contributed by atoms with van der Waals surface area (Å²) in [6.45, 7) is 5.00. The van der Waals surface area contributed by atoms with Gasteiger partial charge < -0.3 is 14.9 Å². The Balaban J connectivity index is 3.27. The summed E-state index contributed by atoms with van der Waals surface area (Å²) in [6, 6.07) is 0. The molecule has 0 aromatic rings. The van der Waals surface area contributed by atoms with Crippen molar-refractivity contribution in [1.29, 1.82) is 0 Å². The number of aliphatic hydroxyl groups is 1. The number of allylic oxidation sites excluding steroid dienone is 2. The van der Waals surface area contributed by atoms with Gasteiger partial charge in [-0.25, -0.2) is 0 Å². The van der Waals surface area contributed by atoms with Crippen LogP contribution in [-0.4, -0.2) is 55.8 Å². The summed E-state index contributed by atoms with van der Waals surface area (Å²) in [7, 11) is 4.24. The van der Waals surface area contributed by atoms with E-state index < -0.39 is 0 Å². The Morgan fingerprint density at radius 3 is 1.70 bits per heavy atom. The molecule has 33 heavy (non-hydrogen) atoms. The fourth-order valence-corrected chi connectivity index (χ4v) is 4.27. The number of carbonyl (C=O) groups is 1. The van der Waals surface area contributed by atoms with Crippen LogP contribution in [0.1, 0.15) is 129 Å². The molecule has 0 rings (SSSR count). The number of amides is 1. The van der Waals surface area contributed by atoms with Crippen LogP contribution in [0.25, 0.3) is 0 Å². The molecule has 0 heterocycles. The van der Waals surface area contributed by atoms with Crippen molar-refractivity contribution in [2.75, 3.05) is 40.3 Å². The first-order valence-corrected chi connectivity index (χ1v) is 14.4. The zero-order valence-corrected chi connectivity index (χ0v) is 22.7. The molecule has 1 amide bonds. The van der Waals surface area contributed by atoms with Gasteiger partial charge in [0.05, 0.1) is 27.2 Å². The first-order valence-electron chi connectivity index (χ1n) is 14.4. The van der Waals surface area contributed by atoms with Crippen LogP contribution < -0.4 is 5.32 Å². The molecule has 0 saturated carbocycles. The number of hydrogen-bond acceptors (Lipinski definition) is 2. The Labute approximate surface area is 207 Å². The average Bonchev–Trinajstić information content (AvgIpc) is 2.78. The lowest BCUT2D eigenvalue weighted by Crippen LogP contribution is -2.43. The summed E-state index contributed by atoms with van der Waals surface area (Å²) in [5.41, 5.74) is 0. The smallest absolute Gasteiger partial charge is 0.219 e. The van der Waals surface area contributed by atoms with Gasteiger partial charge in [-0.1, -0.05) is 96.1 Å². The van der Waals surface area contributed by atoms with E-state index in [9.17, 15) is 4.79 Å². The third-order valence-corrected chi connectivity index (χ3v) is 6.63. The Hall–Kier alpha value is -0.870. The zero-order chi connectivity index (χ0) is 24.5. The Kier molecular flexibility index (Phi) is 23.6. The van der Waals surface area contributed by atoms with Gasteiger partial charge in [0.15, 0.2) is 0 Å². The second kappa shape index (κ2) is 24.3. The minimum absolute atomic E-state index is 0.198. The molecule has 0 radical (unpaired) electrons. The van der Waals surface area contributed by atoms with Gasteiger partial charge in [-0.2, -0.15) is 0 Å². The van der Waals surface area contributed by atoms with Crippen LogP contribution in [0.5, 0.6) is 0 Å². The van der Waals surface area contributed by atoms with Crippen LogP contribution in [0, 0.1) is 0 Å². The van der Waals surface area contributed by atoms with Gasteiger partial charge in [-0.05, 0) is 32.1 Å². The third kappa shape index (κ3) is 25.6. The quantitative estimate of drug-likeness (QED) is 0.0850. The van der Waals surface area contributed by atoms with Gasteiger partial charge in [0.2, 0.25) is 5.91 Å². The summed E-state index contributed by atoms with van der Waals surface area (Å²) in [5, 5.41) is 12.1. The lowest BCUT2D eigenvalue weighted by molar-refractivity contribution is -0.890. The van der Waals surface area contributed by atoms with Crippen molar-refractivity contribution in [3.63, 3.8) is 0 Å². The standard InChI is InChI=1S/C29H58N2O2/c1-4-5-6-7-8-9-10-11-12-13-14-15-16-17-18-19-20-21-22-24-29(33)30-25-23-26-31(2,3)27-28-32/h11-12,32H,4-10,13-28H2,1-3H3/p+1/b12-11-. The van der Waals surface area contributed by atoms with Crippen LogP contribution in [0.2, 0.25) is 0 Å². The zero-order valence-electron chi connectivity index (χ0n) is 22.7. The molecule has 0 spiro atoms. The highest BCUT2D eigenvalue weighted by Crippen LogP contribution is 2.12. The molecule has 2 N–H and O–H groups in total. The first-order chi connectivity index (χ1) is 16.0. The van der Waals surface area contributed by atoms with E-state index in [4.69, 9.17) is 5.11 Å². The van der Waals surface area contributed by atoms with Crippen molar-refractivity contribution in [3.8, 4) is 0 Å². The van der Waals surface area contributed by atoms with Gasteiger partial charge in [0.1, 0.15) is 6.54 Å². The molecule has 4 heteroatoms. The SMILES string of the molecule is CCCCCCCC/C=C\CCCCCCCCCCCC(=O)NCCC[N+](C)(C)CCO. The second-order valence-electron chi connectivity index (χ2n) is 10.6. The molecule has 196 valence electrons. The fourth-order valence-electron chi connectivity index (χ4n) is 4.27. The number of likely N-dealkylation sites (N-methyl/N-ethyl adjacent to an activating group) is 1. The molecule has 0 aliphatic carbocycles. The van der Waals surface area contributed by atoms with Gasteiger partial charge in [-0.15, -0.1) is 0 Å². The molecule has 0 atom stereocenters. The topological polar surface area (TPSA) is 49.3 Å². The summed E-state index contributed by atoms with van der Waals surface area (Å²) in [4.78, 5) is 11.9. The van der Waals surface area contributed by atoms with Crippen molar-refractivity contribution in [2.45, 2.75) is 129 Å². The highest BCUT2D eigenvalue weighted by Gasteiger charge is 2.13. The molecule has 0 aliphatic rings. The Morgan fingerprint density at radius 2 is 1.18 bits per heavy atom. The maximum Gasteiger partial charge on any atom is 0.219 e. The molecule has 0 bridgehead atoms. The molecule has 0 fully saturated rings. The molecule has 0 aromatic carbocycles. The van der Waals surface area contributed by atoms with Gasteiger partial charge in [-0.3, -0.25) is 4.79 Å². The van der Waals surface area contributed by atoms with Crippen molar-refractivity contribution >= 4 is 5.91 Å². The average molecular weight is 468 g/mol. The number of unbranched alkanes of at least 4 members (excludes halogenated alkanes) is 15. The molecule has 0 saturated heterocycles. The minimum Gasteiger partial charge on any atom is -0.391 e. The number of aliphatic hydroxyl groups excluding tert-OH is 1. The molecular formula is C29H59N2O2+. The lowest BCUT2D eigenvalue weighted by atomic mass is 10.1. The van der Waals surface area contributed by atoms with Crippen LogP contribution in [0.4, 0.5) is 0 Å². The number of rotatable bonds is 25. The van der Waals surface area contributed by atoms with E-state index in [1.165, 1.54) is 103 Å². The van der Waals surface area contributed by atoms with Crippen LogP contribution in [0.3, 0.4) is 0 Å². The number of nitrogens with zero attached hydrogens (tertiary/aromatic N) is 1. The van der Waals surface area contributed by atoms with E-state index in [2.05, 4.69) is 38.5 Å². The highest BCUT2D eigenvalue weighted by molar-refractivity contribution is 5.75. The highest BCUT2D eigenvalue weighted by atomic mass is 16.3. The largest absolute Gasteiger partial charge is 0.391 e. The molecule has 0 aromatic heterocycles. The fraction of sp³-hybridized carbons (Fsp3) is 0.897. The van der Waals surface area contributed by atoms with E-state index in [0.29, 0.717) is 6.42 Å².